The molecule has 3 saturated heterocycles. The number of hydrogen-bond acceptors (Lipinski definition) is 7. The van der Waals surface area contributed by atoms with Crippen molar-refractivity contribution in [3.05, 3.63) is 49.6 Å². The van der Waals surface area contributed by atoms with Gasteiger partial charge in [-0.3, -0.25) is 14.4 Å². The average molecular weight is 571 g/mol. The number of nitrogens with zero attached hydrogens (tertiary/aromatic N) is 2. The summed E-state index contributed by atoms with van der Waals surface area (Å²) < 4.78 is 10.3. The first kappa shape index (κ1) is 30.2. The lowest BCUT2D eigenvalue weighted by atomic mass is 9.66. The van der Waals surface area contributed by atoms with Gasteiger partial charge in [0.2, 0.25) is 5.91 Å². The van der Waals surface area contributed by atoms with Crippen LogP contribution in [0.1, 0.15) is 45.4 Å². The van der Waals surface area contributed by atoms with Gasteiger partial charge in [0.25, 0.3) is 5.91 Å². The smallest absolute Gasteiger partial charge is 0.310 e. The molecular formula is C31H42N2O6S. The maximum atomic E-state index is 14.6. The Kier molecular flexibility index (Phi) is 10.0. The number of allylic oxidation sites excluding steroid dienone is 1. The van der Waals surface area contributed by atoms with Crippen molar-refractivity contribution >= 4 is 35.2 Å². The van der Waals surface area contributed by atoms with Gasteiger partial charge >= 0.3 is 5.97 Å². The monoisotopic (exact) mass is 570 g/mol. The fourth-order valence-electron chi connectivity index (χ4n) is 6.74. The van der Waals surface area contributed by atoms with Gasteiger partial charge in [0.05, 0.1) is 30.3 Å². The molecule has 0 aliphatic carbocycles. The highest BCUT2D eigenvalue weighted by atomic mass is 32.2. The Bertz CT molecular complexity index is 1090. The number of aliphatic hydroxyl groups excluding tert-OH is 1. The molecule has 3 heterocycles. The number of likely N-dealkylation sites (tertiary alicyclic amines) is 1. The molecule has 3 aliphatic heterocycles. The average Bonchev–Trinajstić information content (AvgIpc) is 3.55. The zero-order valence-electron chi connectivity index (χ0n) is 23.6. The van der Waals surface area contributed by atoms with Crippen LogP contribution in [0.15, 0.2) is 49.6 Å². The van der Waals surface area contributed by atoms with Crippen LogP contribution >= 0.6 is 11.8 Å². The summed E-state index contributed by atoms with van der Waals surface area (Å²) in [7, 11) is 1.59. The van der Waals surface area contributed by atoms with E-state index in [4.69, 9.17) is 9.47 Å². The molecule has 6 atom stereocenters. The molecule has 1 aromatic rings. The summed E-state index contributed by atoms with van der Waals surface area (Å²) in [6, 6.07) is 6.57. The molecule has 0 saturated carbocycles. The minimum Gasteiger partial charge on any atom is -0.497 e. The van der Waals surface area contributed by atoms with Gasteiger partial charge in [-0.1, -0.05) is 19.1 Å². The summed E-state index contributed by atoms with van der Waals surface area (Å²) in [5.74, 6) is -1.05. The van der Waals surface area contributed by atoms with E-state index in [1.807, 2.05) is 24.3 Å². The summed E-state index contributed by atoms with van der Waals surface area (Å²) in [6.45, 7) is 10.8. The Morgan fingerprint density at radius 2 is 1.93 bits per heavy atom. The Hall–Kier alpha value is -2.78. The van der Waals surface area contributed by atoms with E-state index in [0.717, 1.165) is 19.3 Å². The van der Waals surface area contributed by atoms with Crippen molar-refractivity contribution in [3.8, 4) is 5.75 Å². The lowest BCUT2D eigenvalue weighted by molar-refractivity contribution is -0.154. The van der Waals surface area contributed by atoms with Crippen LogP contribution in [0, 0.1) is 17.8 Å². The molecule has 40 heavy (non-hydrogen) atoms. The van der Waals surface area contributed by atoms with Crippen molar-refractivity contribution < 1.29 is 29.0 Å². The van der Waals surface area contributed by atoms with Crippen LogP contribution in [0.25, 0.3) is 0 Å². The third kappa shape index (κ3) is 5.42. The van der Waals surface area contributed by atoms with Gasteiger partial charge in [-0.05, 0) is 68.7 Å². The van der Waals surface area contributed by atoms with Crippen LogP contribution in [-0.2, 0) is 19.1 Å². The molecule has 3 fully saturated rings. The molecular weight excluding hydrogens is 528 g/mol. The zero-order valence-corrected chi connectivity index (χ0v) is 24.4. The van der Waals surface area contributed by atoms with Crippen LogP contribution in [-0.4, -0.2) is 77.2 Å². The van der Waals surface area contributed by atoms with Crippen LogP contribution in [0.2, 0.25) is 0 Å². The molecule has 2 bridgehead atoms. The van der Waals surface area contributed by atoms with E-state index in [9.17, 15) is 19.5 Å². The fraction of sp³-hybridized carbons (Fsp3) is 0.581. The molecule has 0 radical (unpaired) electrons. The van der Waals surface area contributed by atoms with Crippen LogP contribution in [0.5, 0.6) is 5.75 Å². The Labute approximate surface area is 241 Å². The van der Waals surface area contributed by atoms with Crippen molar-refractivity contribution in [1.29, 1.82) is 0 Å². The van der Waals surface area contributed by atoms with Gasteiger partial charge in [-0.15, -0.1) is 24.9 Å². The highest BCUT2D eigenvalue weighted by molar-refractivity contribution is 8.02. The highest BCUT2D eigenvalue weighted by Gasteiger charge is 2.76. The fourth-order valence-corrected chi connectivity index (χ4v) is 9.14. The van der Waals surface area contributed by atoms with Crippen molar-refractivity contribution in [1.82, 2.24) is 4.90 Å². The number of aliphatic hydroxyl groups is 1. The first-order valence-electron chi connectivity index (χ1n) is 14.3. The first-order valence-corrected chi connectivity index (χ1v) is 15.2. The maximum absolute atomic E-state index is 14.6. The van der Waals surface area contributed by atoms with E-state index in [1.165, 1.54) is 0 Å². The van der Waals surface area contributed by atoms with Crippen LogP contribution < -0.4 is 9.64 Å². The number of anilines is 1. The summed E-state index contributed by atoms with van der Waals surface area (Å²) in [5.41, 5.74) is 0.696. The molecule has 3 aliphatic rings. The van der Waals surface area contributed by atoms with Crippen molar-refractivity contribution in [2.24, 2.45) is 17.8 Å². The summed E-state index contributed by atoms with van der Waals surface area (Å²) in [4.78, 5) is 45.6. The summed E-state index contributed by atoms with van der Waals surface area (Å²) in [6.07, 6.45) is 7.73. The minimum atomic E-state index is -0.718. The topological polar surface area (TPSA) is 96.4 Å². The summed E-state index contributed by atoms with van der Waals surface area (Å²) >= 11 is 1.65. The standard InChI is InChI=1S/C31H42N2O6S/c1-5-7-11-19-39-30(37)25-24-20-21(3)31(40-24)26(25)28(35)33(17-9-8-10-18-34)27(31)29(36)32(16-6-2)22-12-14-23(38-4)15-13-22/h5-6,12-15,21,24-27,34H,1-2,7-11,16-20H2,3-4H3/t21?,24-,25+,26+,27?,31?/m1/s1. The van der Waals surface area contributed by atoms with Crippen molar-refractivity contribution in [3.63, 3.8) is 0 Å². The van der Waals surface area contributed by atoms with Gasteiger partial charge in [0.15, 0.2) is 0 Å². The molecule has 4 rings (SSSR count). The number of carbonyl (C=O) groups excluding carboxylic acids is 3. The Balaban J connectivity index is 1.70. The van der Waals surface area contributed by atoms with E-state index >= 15 is 0 Å². The molecule has 2 amide bonds. The maximum Gasteiger partial charge on any atom is 0.310 e. The number of methoxy groups -OCH3 is 1. The van der Waals surface area contributed by atoms with Crippen LogP contribution in [0.3, 0.4) is 0 Å². The SMILES string of the molecule is C=CCCCOC(=O)[C@@H]1[C@H]2C(=O)N(CCCCCO)C(C(=O)N(CC=C)c3ccc(OC)cc3)C23S[C@@H]1CC3C. The number of ether oxygens (including phenoxy) is 2. The lowest BCUT2D eigenvalue weighted by Crippen LogP contribution is -2.57. The van der Waals surface area contributed by atoms with E-state index < -0.39 is 22.6 Å². The molecule has 1 spiro atoms. The second kappa shape index (κ2) is 13.3. The van der Waals surface area contributed by atoms with Crippen LogP contribution in [0.4, 0.5) is 5.69 Å². The van der Waals surface area contributed by atoms with E-state index in [0.29, 0.717) is 43.9 Å². The van der Waals surface area contributed by atoms with Crippen molar-refractivity contribution in [2.75, 3.05) is 38.3 Å². The molecule has 9 heteroatoms. The predicted molar refractivity (Wildman–Crippen MR) is 157 cm³/mol. The van der Waals surface area contributed by atoms with E-state index in [-0.39, 0.29) is 42.1 Å². The van der Waals surface area contributed by atoms with E-state index in [2.05, 4.69) is 20.1 Å². The predicted octanol–water partition coefficient (Wildman–Crippen LogP) is 4.22. The number of amides is 2. The third-order valence-corrected chi connectivity index (χ3v) is 10.6. The third-order valence-electron chi connectivity index (χ3n) is 8.57. The molecule has 8 nitrogen and oxygen atoms in total. The van der Waals surface area contributed by atoms with Gasteiger partial charge in [-0.2, -0.15) is 0 Å². The number of carbonyl (C=O) groups is 3. The number of rotatable bonds is 15. The van der Waals surface area contributed by atoms with Gasteiger partial charge in [0.1, 0.15) is 11.8 Å². The number of thioether (sulfide) groups is 1. The number of benzene rings is 1. The Morgan fingerprint density at radius 1 is 1.18 bits per heavy atom. The second-order valence-electron chi connectivity index (χ2n) is 10.9. The normalized spacial score (nSPS) is 28.3. The lowest BCUT2D eigenvalue weighted by Gasteiger charge is -2.40. The van der Waals surface area contributed by atoms with Gasteiger partial charge in [-0.25, -0.2) is 0 Å². The number of fused-ring (bicyclic) bond motifs is 1. The molecule has 218 valence electrons. The summed E-state index contributed by atoms with van der Waals surface area (Å²) in [5, 5.41) is 9.22. The number of unbranched alkanes of at least 4 members (excludes halogenated alkanes) is 3. The quantitative estimate of drug-likeness (QED) is 0.192. The number of esters is 1. The van der Waals surface area contributed by atoms with Crippen molar-refractivity contribution in [2.45, 2.75) is 61.5 Å². The van der Waals surface area contributed by atoms with E-state index in [1.54, 1.807) is 40.8 Å². The molecule has 1 aromatic carbocycles. The van der Waals surface area contributed by atoms with Gasteiger partial charge in [0, 0.05) is 30.6 Å². The first-order chi connectivity index (χ1) is 19.3. The minimum absolute atomic E-state index is 0.0588. The number of hydrogen-bond donors (Lipinski definition) is 1. The molecule has 0 aromatic heterocycles. The Morgan fingerprint density at radius 3 is 2.58 bits per heavy atom. The van der Waals surface area contributed by atoms with Gasteiger partial charge < -0.3 is 24.4 Å². The molecule has 1 N–H and O–H groups in total. The second-order valence-corrected chi connectivity index (χ2v) is 12.5. The highest BCUT2D eigenvalue weighted by Crippen LogP contribution is 2.68. The molecule has 3 unspecified atom stereocenters. The zero-order chi connectivity index (χ0) is 28.9. The largest absolute Gasteiger partial charge is 0.497 e.